The lowest BCUT2D eigenvalue weighted by molar-refractivity contribution is -0.136. The monoisotopic (exact) mass is 440 g/mol. The van der Waals surface area contributed by atoms with Crippen LogP contribution in [0.2, 0.25) is 0 Å². The van der Waals surface area contributed by atoms with Crippen molar-refractivity contribution < 1.29 is 14.3 Å². The van der Waals surface area contributed by atoms with Gasteiger partial charge in [0.2, 0.25) is 5.91 Å². The SMILES string of the molecule is CC(C)C(=O)N1CCC([C@@H]2CN(C(=O)c3ccsc3)C[C@H]2COc2ccccc2)CC1. The van der Waals surface area contributed by atoms with Crippen LogP contribution in [0.5, 0.6) is 5.75 Å². The average Bonchev–Trinajstić information content (AvgIpc) is 3.48. The first-order valence-corrected chi connectivity index (χ1v) is 12.3. The van der Waals surface area contributed by atoms with Gasteiger partial charge in [-0.25, -0.2) is 0 Å². The van der Waals surface area contributed by atoms with Crippen molar-refractivity contribution >= 4 is 23.2 Å². The van der Waals surface area contributed by atoms with Crippen LogP contribution in [-0.4, -0.2) is 54.4 Å². The molecule has 2 amide bonds. The molecule has 2 aliphatic rings. The smallest absolute Gasteiger partial charge is 0.254 e. The van der Waals surface area contributed by atoms with Gasteiger partial charge in [0.25, 0.3) is 5.91 Å². The lowest BCUT2D eigenvalue weighted by atomic mass is 9.78. The van der Waals surface area contributed by atoms with Gasteiger partial charge >= 0.3 is 0 Å². The van der Waals surface area contributed by atoms with Crippen molar-refractivity contribution in [1.29, 1.82) is 0 Å². The molecule has 0 radical (unpaired) electrons. The van der Waals surface area contributed by atoms with Crippen molar-refractivity contribution in [3.63, 3.8) is 0 Å². The van der Waals surface area contributed by atoms with Gasteiger partial charge in [0.1, 0.15) is 5.75 Å². The minimum absolute atomic E-state index is 0.0498. The molecule has 6 heteroatoms. The first kappa shape index (κ1) is 21.9. The molecule has 4 rings (SSSR count). The number of benzene rings is 1. The molecular weight excluding hydrogens is 408 g/mol. The Labute approximate surface area is 189 Å². The van der Waals surface area contributed by atoms with Gasteiger partial charge in [0.05, 0.1) is 12.2 Å². The van der Waals surface area contributed by atoms with Crippen molar-refractivity contribution in [2.24, 2.45) is 23.7 Å². The molecule has 0 bridgehead atoms. The fraction of sp³-hybridized carbons (Fsp3) is 0.520. The van der Waals surface area contributed by atoms with Crippen molar-refractivity contribution in [2.75, 3.05) is 32.8 Å². The van der Waals surface area contributed by atoms with Gasteiger partial charge in [0.15, 0.2) is 0 Å². The Morgan fingerprint density at radius 1 is 1.06 bits per heavy atom. The van der Waals surface area contributed by atoms with Gasteiger partial charge < -0.3 is 14.5 Å². The zero-order valence-corrected chi connectivity index (χ0v) is 19.2. The predicted octanol–water partition coefficient (Wildman–Crippen LogP) is 4.41. The molecule has 0 spiro atoms. The average molecular weight is 441 g/mol. The van der Waals surface area contributed by atoms with E-state index >= 15 is 0 Å². The number of hydrogen-bond donors (Lipinski definition) is 0. The minimum atomic E-state index is 0.0498. The quantitative estimate of drug-likeness (QED) is 0.669. The van der Waals surface area contributed by atoms with Gasteiger partial charge in [-0.3, -0.25) is 9.59 Å². The summed E-state index contributed by atoms with van der Waals surface area (Å²) < 4.78 is 6.12. The lowest BCUT2D eigenvalue weighted by Gasteiger charge is -2.37. The number of hydrogen-bond acceptors (Lipinski definition) is 4. The normalized spacial score (nSPS) is 22.2. The summed E-state index contributed by atoms with van der Waals surface area (Å²) in [6.45, 7) is 7.71. The second-order valence-electron chi connectivity index (χ2n) is 9.09. The van der Waals surface area contributed by atoms with Crippen molar-refractivity contribution in [3.8, 4) is 5.75 Å². The third kappa shape index (κ3) is 5.12. The Morgan fingerprint density at radius 3 is 2.45 bits per heavy atom. The van der Waals surface area contributed by atoms with Crippen molar-refractivity contribution in [2.45, 2.75) is 26.7 Å². The zero-order chi connectivity index (χ0) is 21.8. The van der Waals surface area contributed by atoms with Gasteiger partial charge in [-0.15, -0.1) is 0 Å². The molecule has 2 fully saturated rings. The Bertz CT molecular complexity index is 860. The largest absolute Gasteiger partial charge is 0.493 e. The van der Waals surface area contributed by atoms with Crippen LogP contribution in [0.15, 0.2) is 47.2 Å². The molecule has 0 unspecified atom stereocenters. The topological polar surface area (TPSA) is 49.9 Å². The molecule has 2 aliphatic heterocycles. The number of piperidine rings is 1. The Kier molecular flexibility index (Phi) is 6.96. The van der Waals surface area contributed by atoms with E-state index < -0.39 is 0 Å². The van der Waals surface area contributed by atoms with E-state index in [-0.39, 0.29) is 17.7 Å². The highest BCUT2D eigenvalue weighted by Gasteiger charge is 2.41. The summed E-state index contributed by atoms with van der Waals surface area (Å²) in [5, 5.41) is 3.89. The summed E-state index contributed by atoms with van der Waals surface area (Å²) in [6.07, 6.45) is 2.01. The Morgan fingerprint density at radius 2 is 1.81 bits per heavy atom. The first-order valence-electron chi connectivity index (χ1n) is 11.3. The number of para-hydroxylation sites is 1. The van der Waals surface area contributed by atoms with Crippen LogP contribution in [0.4, 0.5) is 0 Å². The van der Waals surface area contributed by atoms with Crippen LogP contribution in [0.1, 0.15) is 37.0 Å². The number of thiophene rings is 1. The molecule has 0 saturated carbocycles. The number of carbonyl (C=O) groups is 2. The summed E-state index contributed by atoms with van der Waals surface area (Å²) in [5.41, 5.74) is 0.783. The molecule has 1 aromatic heterocycles. The number of carbonyl (C=O) groups excluding carboxylic acids is 2. The van der Waals surface area contributed by atoms with Gasteiger partial charge in [-0.05, 0) is 48.3 Å². The fourth-order valence-electron chi connectivity index (χ4n) is 4.97. The molecule has 166 valence electrons. The molecule has 2 atom stereocenters. The molecule has 0 N–H and O–H groups in total. The molecule has 1 aromatic carbocycles. The third-order valence-corrected chi connectivity index (χ3v) is 7.39. The fourth-order valence-corrected chi connectivity index (χ4v) is 5.60. The first-order chi connectivity index (χ1) is 15.0. The van der Waals surface area contributed by atoms with Gasteiger partial charge in [-0.2, -0.15) is 11.3 Å². The van der Waals surface area contributed by atoms with Crippen molar-refractivity contribution in [1.82, 2.24) is 9.80 Å². The number of rotatable bonds is 6. The Balaban J connectivity index is 1.43. The molecule has 0 aliphatic carbocycles. The summed E-state index contributed by atoms with van der Waals surface area (Å²) in [6, 6.07) is 11.8. The van der Waals surface area contributed by atoms with Gasteiger partial charge in [-0.1, -0.05) is 32.0 Å². The number of nitrogens with zero attached hydrogens (tertiary/aromatic N) is 2. The molecular formula is C25H32N2O3S. The lowest BCUT2D eigenvalue weighted by Crippen LogP contribution is -2.43. The van der Waals surface area contributed by atoms with Crippen LogP contribution in [0.25, 0.3) is 0 Å². The maximum Gasteiger partial charge on any atom is 0.254 e. The number of likely N-dealkylation sites (tertiary alicyclic amines) is 2. The Hall–Kier alpha value is -2.34. The molecule has 5 nitrogen and oxygen atoms in total. The second kappa shape index (κ2) is 9.86. The summed E-state index contributed by atoms with van der Waals surface area (Å²) in [4.78, 5) is 29.4. The van der Waals surface area contributed by atoms with Crippen molar-refractivity contribution in [3.05, 3.63) is 52.7 Å². The maximum atomic E-state index is 13.0. The van der Waals surface area contributed by atoms with Crippen LogP contribution < -0.4 is 4.74 Å². The predicted molar refractivity (Wildman–Crippen MR) is 123 cm³/mol. The van der Waals surface area contributed by atoms with Crippen LogP contribution >= 0.6 is 11.3 Å². The minimum Gasteiger partial charge on any atom is -0.493 e. The molecule has 3 heterocycles. The van der Waals surface area contributed by atoms with E-state index in [2.05, 4.69) is 0 Å². The van der Waals surface area contributed by atoms with E-state index in [0.717, 1.165) is 50.3 Å². The van der Waals surface area contributed by atoms with E-state index in [9.17, 15) is 9.59 Å². The van der Waals surface area contributed by atoms with Gasteiger partial charge in [0, 0.05) is 43.4 Å². The zero-order valence-electron chi connectivity index (χ0n) is 18.4. The molecule has 31 heavy (non-hydrogen) atoms. The van der Waals surface area contributed by atoms with E-state index in [1.54, 1.807) is 11.3 Å². The van der Waals surface area contributed by atoms with E-state index in [1.165, 1.54) is 0 Å². The number of ether oxygens (including phenoxy) is 1. The maximum absolute atomic E-state index is 13.0. The van der Waals surface area contributed by atoms with Crippen LogP contribution in [0.3, 0.4) is 0 Å². The van der Waals surface area contributed by atoms with E-state index in [4.69, 9.17) is 4.74 Å². The summed E-state index contributed by atoms with van der Waals surface area (Å²) in [5.74, 6) is 2.53. The van der Waals surface area contributed by atoms with Crippen LogP contribution in [0, 0.1) is 23.7 Å². The highest BCUT2D eigenvalue weighted by molar-refractivity contribution is 7.08. The van der Waals surface area contributed by atoms with E-state index in [0.29, 0.717) is 24.4 Å². The third-order valence-electron chi connectivity index (χ3n) is 6.70. The highest BCUT2D eigenvalue weighted by atomic mass is 32.1. The second-order valence-corrected chi connectivity index (χ2v) is 9.87. The summed E-state index contributed by atoms with van der Waals surface area (Å²) in [7, 11) is 0. The number of amides is 2. The standard InChI is InChI=1S/C25H32N2O3S/c1-18(2)24(28)26-11-8-19(9-12-26)23-15-27(25(29)20-10-13-31-17-20)14-21(23)16-30-22-6-4-3-5-7-22/h3-7,10,13,17-19,21,23H,8-9,11-12,14-16H2,1-2H3/t21-,23-/m0/s1. The van der Waals surface area contributed by atoms with Crippen LogP contribution in [-0.2, 0) is 4.79 Å². The van der Waals surface area contributed by atoms with E-state index in [1.807, 2.05) is 70.8 Å². The molecule has 2 saturated heterocycles. The highest BCUT2D eigenvalue weighted by Crippen LogP contribution is 2.37. The summed E-state index contributed by atoms with van der Waals surface area (Å²) >= 11 is 1.56. The molecule has 2 aromatic rings.